The first-order valence-corrected chi connectivity index (χ1v) is 5.99. The van der Waals surface area contributed by atoms with Crippen LogP contribution in [-0.2, 0) is 4.74 Å². The zero-order valence-electron chi connectivity index (χ0n) is 10.2. The second-order valence-corrected chi connectivity index (χ2v) is 4.14. The van der Waals surface area contributed by atoms with Gasteiger partial charge < -0.3 is 10.1 Å². The van der Waals surface area contributed by atoms with Crippen LogP contribution >= 0.6 is 0 Å². The monoisotopic (exact) mass is 223 g/mol. The van der Waals surface area contributed by atoms with Crippen molar-refractivity contribution < 1.29 is 9.53 Å². The number of ether oxygens (including phenoxy) is 1. The van der Waals surface area contributed by atoms with Crippen molar-refractivity contribution in [3.63, 3.8) is 0 Å². The Kier molecular flexibility index (Phi) is 5.68. The minimum Gasteiger partial charge on any atom is -0.450 e. The number of carbonyl (C=O) groups is 1. The Morgan fingerprint density at radius 2 is 2.44 bits per heavy atom. The molecule has 0 radical (unpaired) electrons. The average molecular weight is 223 g/mol. The van der Waals surface area contributed by atoms with Crippen LogP contribution in [-0.4, -0.2) is 19.2 Å². The minimum atomic E-state index is -0.312. The quantitative estimate of drug-likeness (QED) is 0.727. The Balaban J connectivity index is 2.09. The molecule has 0 aromatic rings. The fraction of sp³-hybridized carbons (Fsp3) is 0.615. The molecule has 0 aromatic heterocycles. The summed E-state index contributed by atoms with van der Waals surface area (Å²) in [6.45, 7) is 5.15. The van der Waals surface area contributed by atoms with Gasteiger partial charge in [0, 0.05) is 6.54 Å². The Labute approximate surface area is 97.6 Å². The lowest BCUT2D eigenvalue weighted by Gasteiger charge is -2.14. The third-order valence-corrected chi connectivity index (χ3v) is 2.58. The molecule has 90 valence electrons. The Morgan fingerprint density at radius 1 is 1.62 bits per heavy atom. The van der Waals surface area contributed by atoms with Gasteiger partial charge in [0.15, 0.2) is 0 Å². The van der Waals surface area contributed by atoms with Crippen molar-refractivity contribution in [2.24, 2.45) is 5.92 Å². The van der Waals surface area contributed by atoms with Crippen molar-refractivity contribution in [3.05, 3.63) is 23.8 Å². The van der Waals surface area contributed by atoms with Gasteiger partial charge in [0.25, 0.3) is 0 Å². The number of alkyl carbamates (subject to hydrolysis) is 1. The molecule has 1 amide bonds. The smallest absolute Gasteiger partial charge is 0.407 e. The van der Waals surface area contributed by atoms with E-state index in [-0.39, 0.29) is 6.09 Å². The maximum absolute atomic E-state index is 11.0. The van der Waals surface area contributed by atoms with E-state index in [9.17, 15) is 4.79 Å². The fourth-order valence-corrected chi connectivity index (χ4v) is 1.80. The van der Waals surface area contributed by atoms with Gasteiger partial charge in [-0.15, -0.1) is 0 Å². The highest BCUT2D eigenvalue weighted by Gasteiger charge is 2.06. The number of allylic oxidation sites excluding steroid dienone is 4. The van der Waals surface area contributed by atoms with Crippen molar-refractivity contribution in [1.82, 2.24) is 5.32 Å². The highest BCUT2D eigenvalue weighted by molar-refractivity contribution is 5.66. The molecular formula is C13H21NO2. The summed E-state index contributed by atoms with van der Waals surface area (Å²) in [5.74, 6) is 0.651. The molecule has 1 atom stereocenters. The molecule has 0 saturated carbocycles. The first-order valence-electron chi connectivity index (χ1n) is 5.99. The molecular weight excluding hydrogens is 202 g/mol. The van der Waals surface area contributed by atoms with Crippen molar-refractivity contribution in [2.45, 2.75) is 33.1 Å². The zero-order valence-corrected chi connectivity index (χ0v) is 10.2. The molecule has 1 N–H and O–H groups in total. The van der Waals surface area contributed by atoms with Crippen LogP contribution in [0.1, 0.15) is 33.1 Å². The maximum atomic E-state index is 11.0. The van der Waals surface area contributed by atoms with Crippen LogP contribution in [0.25, 0.3) is 0 Å². The summed E-state index contributed by atoms with van der Waals surface area (Å²) in [6.07, 6.45) is 9.41. The van der Waals surface area contributed by atoms with E-state index in [4.69, 9.17) is 4.74 Å². The number of hydrogen-bond acceptors (Lipinski definition) is 2. The van der Waals surface area contributed by atoms with Gasteiger partial charge in [-0.05, 0) is 32.1 Å². The summed E-state index contributed by atoms with van der Waals surface area (Å²) in [7, 11) is 0. The van der Waals surface area contributed by atoms with E-state index in [0.29, 0.717) is 19.1 Å². The second kappa shape index (κ2) is 7.09. The van der Waals surface area contributed by atoms with E-state index in [1.54, 1.807) is 6.92 Å². The third kappa shape index (κ3) is 5.01. The SMILES string of the molecule is CCOC(=O)NCCCC1=CC=C[C@H](C)C1. The molecule has 1 aliphatic rings. The standard InChI is InChI=1S/C13H21NO2/c1-3-16-13(15)14-9-5-8-12-7-4-6-11(2)10-12/h4,6-7,11H,3,5,8-10H2,1-2H3,(H,14,15)/t11-/m0/s1. The fourth-order valence-electron chi connectivity index (χ4n) is 1.80. The number of rotatable bonds is 5. The largest absolute Gasteiger partial charge is 0.450 e. The highest BCUT2D eigenvalue weighted by Crippen LogP contribution is 2.21. The lowest BCUT2D eigenvalue weighted by atomic mass is 9.93. The lowest BCUT2D eigenvalue weighted by Crippen LogP contribution is -2.25. The number of carbonyl (C=O) groups excluding carboxylic acids is 1. The summed E-state index contributed by atoms with van der Waals surface area (Å²) >= 11 is 0. The van der Waals surface area contributed by atoms with Gasteiger partial charge >= 0.3 is 6.09 Å². The van der Waals surface area contributed by atoms with Crippen LogP contribution in [0.15, 0.2) is 23.8 Å². The van der Waals surface area contributed by atoms with Gasteiger partial charge in [-0.1, -0.05) is 30.7 Å². The zero-order chi connectivity index (χ0) is 11.8. The molecule has 0 spiro atoms. The first-order chi connectivity index (χ1) is 7.72. The van der Waals surface area contributed by atoms with E-state index in [0.717, 1.165) is 19.3 Å². The predicted octanol–water partition coefficient (Wildman–Crippen LogP) is 3.04. The summed E-state index contributed by atoms with van der Waals surface area (Å²) in [5, 5.41) is 2.73. The molecule has 0 bridgehead atoms. The maximum Gasteiger partial charge on any atom is 0.407 e. The van der Waals surface area contributed by atoms with Crippen LogP contribution in [0.5, 0.6) is 0 Å². The summed E-state index contributed by atoms with van der Waals surface area (Å²) in [4.78, 5) is 11.0. The van der Waals surface area contributed by atoms with Crippen LogP contribution < -0.4 is 5.32 Å². The Bertz CT molecular complexity index is 282. The number of hydrogen-bond donors (Lipinski definition) is 1. The normalized spacial score (nSPS) is 19.1. The van der Waals surface area contributed by atoms with Crippen molar-refractivity contribution in [1.29, 1.82) is 0 Å². The van der Waals surface area contributed by atoms with Gasteiger partial charge in [0.05, 0.1) is 6.61 Å². The van der Waals surface area contributed by atoms with E-state index in [1.165, 1.54) is 5.57 Å². The second-order valence-electron chi connectivity index (χ2n) is 4.14. The molecule has 0 heterocycles. The van der Waals surface area contributed by atoms with Gasteiger partial charge in [-0.3, -0.25) is 0 Å². The number of amides is 1. The predicted molar refractivity (Wildman–Crippen MR) is 65.3 cm³/mol. The van der Waals surface area contributed by atoms with E-state index >= 15 is 0 Å². The van der Waals surface area contributed by atoms with Crippen LogP contribution in [0.3, 0.4) is 0 Å². The van der Waals surface area contributed by atoms with Gasteiger partial charge in [0.2, 0.25) is 0 Å². The van der Waals surface area contributed by atoms with E-state index < -0.39 is 0 Å². The van der Waals surface area contributed by atoms with Gasteiger partial charge in [-0.2, -0.15) is 0 Å². The van der Waals surface area contributed by atoms with Crippen molar-refractivity contribution in [3.8, 4) is 0 Å². The summed E-state index contributed by atoms with van der Waals surface area (Å²) in [6, 6.07) is 0. The average Bonchev–Trinajstić information content (AvgIpc) is 2.25. The van der Waals surface area contributed by atoms with Gasteiger partial charge in [0.1, 0.15) is 0 Å². The minimum absolute atomic E-state index is 0.312. The molecule has 0 aromatic carbocycles. The van der Waals surface area contributed by atoms with Crippen LogP contribution in [0, 0.1) is 5.92 Å². The molecule has 0 aliphatic heterocycles. The molecule has 3 heteroatoms. The van der Waals surface area contributed by atoms with E-state index in [2.05, 4.69) is 30.5 Å². The Hall–Kier alpha value is -1.25. The van der Waals surface area contributed by atoms with Crippen molar-refractivity contribution >= 4 is 6.09 Å². The molecule has 0 fully saturated rings. The summed E-state index contributed by atoms with van der Waals surface area (Å²) < 4.78 is 4.78. The van der Waals surface area contributed by atoms with E-state index in [1.807, 2.05) is 0 Å². The number of nitrogens with one attached hydrogen (secondary N) is 1. The molecule has 0 saturated heterocycles. The molecule has 16 heavy (non-hydrogen) atoms. The molecule has 1 aliphatic carbocycles. The highest BCUT2D eigenvalue weighted by atomic mass is 16.5. The molecule has 1 rings (SSSR count). The van der Waals surface area contributed by atoms with Crippen molar-refractivity contribution in [2.75, 3.05) is 13.2 Å². The molecule has 0 unspecified atom stereocenters. The topological polar surface area (TPSA) is 38.3 Å². The van der Waals surface area contributed by atoms with Crippen LogP contribution in [0.2, 0.25) is 0 Å². The summed E-state index contributed by atoms with van der Waals surface area (Å²) in [5.41, 5.74) is 1.47. The van der Waals surface area contributed by atoms with Crippen LogP contribution in [0.4, 0.5) is 4.79 Å². The first kappa shape index (κ1) is 12.8. The van der Waals surface area contributed by atoms with Gasteiger partial charge in [-0.25, -0.2) is 4.79 Å². The third-order valence-electron chi connectivity index (χ3n) is 2.58. The Morgan fingerprint density at radius 3 is 3.12 bits per heavy atom. The molecule has 3 nitrogen and oxygen atoms in total. The lowest BCUT2D eigenvalue weighted by molar-refractivity contribution is 0.152.